The Labute approximate surface area is 137 Å². The number of carbonyl (C=O) groups is 1. The number of rotatable bonds is 8. The predicted octanol–water partition coefficient (Wildman–Crippen LogP) is 4.31. The number of ether oxygens (including phenoxy) is 2. The minimum absolute atomic E-state index is 0.0382. The summed E-state index contributed by atoms with van der Waals surface area (Å²) in [4.78, 5) is 16.1. The fourth-order valence-corrected chi connectivity index (χ4v) is 1.95. The molecule has 0 aliphatic heterocycles. The summed E-state index contributed by atoms with van der Waals surface area (Å²) >= 11 is 4.41. The first-order chi connectivity index (χ1) is 10.5. The van der Waals surface area contributed by atoms with Crippen molar-refractivity contribution in [2.24, 2.45) is 4.99 Å². The van der Waals surface area contributed by atoms with Crippen molar-refractivity contribution in [3.63, 3.8) is 0 Å². The Hall–Kier alpha value is -1.75. The van der Waals surface area contributed by atoms with E-state index >= 15 is 0 Å². The first kappa shape index (κ1) is 18.3. The molecule has 0 aliphatic rings. The van der Waals surface area contributed by atoms with E-state index in [9.17, 15) is 4.79 Å². The number of benzene rings is 1. The molecular weight excluding hydrogens is 298 g/mol. The lowest BCUT2D eigenvalue weighted by molar-refractivity contribution is 0.112. The lowest BCUT2D eigenvalue weighted by Gasteiger charge is -2.13. The van der Waals surface area contributed by atoms with E-state index in [4.69, 9.17) is 9.47 Å². The number of aldehydes is 1. The van der Waals surface area contributed by atoms with Gasteiger partial charge in [0.2, 0.25) is 0 Å². The van der Waals surface area contributed by atoms with Crippen LogP contribution >= 0.6 is 12.6 Å². The van der Waals surface area contributed by atoms with Crippen LogP contribution in [0.1, 0.15) is 44.5 Å². The van der Waals surface area contributed by atoms with Gasteiger partial charge in [0.1, 0.15) is 17.8 Å². The molecule has 0 N–H and O–H groups in total. The minimum Gasteiger partial charge on any atom is -0.493 e. The third-order valence-corrected chi connectivity index (χ3v) is 3.31. The molecule has 0 radical (unpaired) electrons. The van der Waals surface area contributed by atoms with E-state index in [0.29, 0.717) is 30.1 Å². The van der Waals surface area contributed by atoms with Crippen molar-refractivity contribution in [3.8, 4) is 11.5 Å². The molecule has 1 aromatic rings. The molecule has 4 nitrogen and oxygen atoms in total. The van der Waals surface area contributed by atoms with E-state index in [1.165, 1.54) is 0 Å². The monoisotopic (exact) mass is 321 g/mol. The summed E-state index contributed by atoms with van der Waals surface area (Å²) in [5, 5.41) is 0. The second-order valence-corrected chi connectivity index (χ2v) is 5.58. The molecule has 0 bridgehead atoms. The Morgan fingerprint density at radius 3 is 2.59 bits per heavy atom. The first-order valence-electron chi connectivity index (χ1n) is 7.23. The summed E-state index contributed by atoms with van der Waals surface area (Å²) in [6.07, 6.45) is 3.20. The fraction of sp³-hybridized carbons (Fsp3) is 0.412. The summed E-state index contributed by atoms with van der Waals surface area (Å²) < 4.78 is 11.3. The van der Waals surface area contributed by atoms with Crippen LogP contribution < -0.4 is 9.47 Å². The highest BCUT2D eigenvalue weighted by Crippen LogP contribution is 2.24. The molecule has 0 fully saturated rings. The Balaban J connectivity index is 2.73. The first-order valence-corrected chi connectivity index (χ1v) is 7.68. The Morgan fingerprint density at radius 1 is 1.32 bits per heavy atom. The van der Waals surface area contributed by atoms with Gasteiger partial charge < -0.3 is 9.47 Å². The number of hydrogen-bond acceptors (Lipinski definition) is 5. The van der Waals surface area contributed by atoms with E-state index in [1.807, 2.05) is 27.7 Å². The highest BCUT2D eigenvalue weighted by Gasteiger charge is 2.05. The number of thiol groups is 1. The van der Waals surface area contributed by atoms with Crippen molar-refractivity contribution in [2.45, 2.75) is 40.2 Å². The van der Waals surface area contributed by atoms with Gasteiger partial charge in [-0.05, 0) is 39.8 Å². The van der Waals surface area contributed by atoms with Gasteiger partial charge in [0.15, 0.2) is 0 Å². The van der Waals surface area contributed by atoms with Gasteiger partial charge in [0, 0.05) is 34.9 Å². The van der Waals surface area contributed by atoms with Gasteiger partial charge in [0.25, 0.3) is 0 Å². The second kappa shape index (κ2) is 9.30. The van der Waals surface area contributed by atoms with Crippen molar-refractivity contribution < 1.29 is 14.3 Å². The zero-order valence-electron chi connectivity index (χ0n) is 13.5. The van der Waals surface area contributed by atoms with Gasteiger partial charge >= 0.3 is 0 Å². The van der Waals surface area contributed by atoms with Crippen LogP contribution in [0.3, 0.4) is 0 Å². The molecule has 1 rings (SSSR count). The smallest absolute Gasteiger partial charge is 0.150 e. The lowest BCUT2D eigenvalue weighted by Crippen LogP contribution is -2.06. The Morgan fingerprint density at radius 2 is 2.00 bits per heavy atom. The van der Waals surface area contributed by atoms with E-state index in [-0.39, 0.29) is 6.10 Å². The van der Waals surface area contributed by atoms with Gasteiger partial charge in [-0.3, -0.25) is 9.79 Å². The maximum absolute atomic E-state index is 11.0. The summed E-state index contributed by atoms with van der Waals surface area (Å²) in [7, 11) is 0. The molecule has 0 spiro atoms. The molecule has 0 heterocycles. The number of nitrogens with zero attached hydrogens (tertiary/aromatic N) is 1. The van der Waals surface area contributed by atoms with Crippen molar-refractivity contribution in [3.05, 3.63) is 34.4 Å². The standard InChI is InChI=1S/C17H23NO3S/c1-5-18-13(4)17(22)6-7-20-15-8-14(11-19)9-16(10-15)21-12(2)3/h5,8-12,22H,6-7H2,1-4H3/b17-13-,18-5?. The third-order valence-electron chi connectivity index (χ3n) is 2.76. The summed E-state index contributed by atoms with van der Waals surface area (Å²) in [6, 6.07) is 5.18. The molecule has 5 heteroatoms. The van der Waals surface area contributed by atoms with Gasteiger partial charge in [-0.2, -0.15) is 0 Å². The van der Waals surface area contributed by atoms with Gasteiger partial charge in [-0.25, -0.2) is 0 Å². The molecule has 22 heavy (non-hydrogen) atoms. The van der Waals surface area contributed by atoms with E-state index in [1.54, 1.807) is 24.4 Å². The molecular formula is C17H23NO3S. The summed E-state index contributed by atoms with van der Waals surface area (Å²) in [6.45, 7) is 8.09. The molecule has 0 saturated heterocycles. The minimum atomic E-state index is 0.0382. The number of carbonyl (C=O) groups excluding carboxylic acids is 1. The molecule has 1 aromatic carbocycles. The lowest BCUT2D eigenvalue weighted by atomic mass is 10.2. The van der Waals surface area contributed by atoms with Crippen molar-refractivity contribution in [2.75, 3.05) is 6.61 Å². The number of aliphatic imine (C=N–C) groups is 1. The van der Waals surface area contributed by atoms with Crippen molar-refractivity contribution in [1.29, 1.82) is 0 Å². The maximum Gasteiger partial charge on any atom is 0.150 e. The molecule has 0 saturated carbocycles. The van der Waals surface area contributed by atoms with Crippen molar-refractivity contribution >= 4 is 25.1 Å². The maximum atomic E-state index is 11.0. The van der Waals surface area contributed by atoms with Gasteiger partial charge in [-0.1, -0.05) is 0 Å². The average Bonchev–Trinajstić information content (AvgIpc) is 2.46. The van der Waals surface area contributed by atoms with Crippen LogP contribution in [0.2, 0.25) is 0 Å². The van der Waals surface area contributed by atoms with E-state index < -0.39 is 0 Å². The third kappa shape index (κ3) is 6.35. The molecule has 0 aliphatic carbocycles. The van der Waals surface area contributed by atoms with Crippen LogP contribution in [0.4, 0.5) is 0 Å². The SMILES string of the molecule is CC=N/C(C)=C(\S)CCOc1cc(C=O)cc(OC(C)C)c1. The van der Waals surface area contributed by atoms with Crippen LogP contribution in [0, 0.1) is 0 Å². The van der Waals surface area contributed by atoms with Crippen molar-refractivity contribution in [1.82, 2.24) is 0 Å². The summed E-state index contributed by atoms with van der Waals surface area (Å²) in [5.41, 5.74) is 1.40. The Kier molecular flexibility index (Phi) is 7.74. The molecule has 0 atom stereocenters. The zero-order chi connectivity index (χ0) is 16.5. The molecule has 120 valence electrons. The summed E-state index contributed by atoms with van der Waals surface area (Å²) in [5.74, 6) is 1.24. The number of hydrogen-bond donors (Lipinski definition) is 1. The van der Waals surface area contributed by atoms with Crippen LogP contribution in [0.15, 0.2) is 33.8 Å². The van der Waals surface area contributed by atoms with E-state index in [0.717, 1.165) is 16.9 Å². The van der Waals surface area contributed by atoms with Crippen LogP contribution in [0.25, 0.3) is 0 Å². The topological polar surface area (TPSA) is 47.9 Å². The van der Waals surface area contributed by atoms with Crippen LogP contribution in [-0.2, 0) is 0 Å². The normalized spacial score (nSPS) is 12.5. The predicted molar refractivity (Wildman–Crippen MR) is 93.6 cm³/mol. The second-order valence-electron chi connectivity index (χ2n) is 5.04. The largest absolute Gasteiger partial charge is 0.493 e. The van der Waals surface area contributed by atoms with E-state index in [2.05, 4.69) is 17.6 Å². The van der Waals surface area contributed by atoms with Gasteiger partial charge in [-0.15, -0.1) is 12.6 Å². The van der Waals surface area contributed by atoms with Gasteiger partial charge in [0.05, 0.1) is 12.7 Å². The number of allylic oxidation sites excluding steroid dienone is 1. The fourth-order valence-electron chi connectivity index (χ4n) is 1.80. The van der Waals surface area contributed by atoms with Crippen LogP contribution in [-0.4, -0.2) is 25.2 Å². The average molecular weight is 321 g/mol. The molecule has 0 aromatic heterocycles. The molecule has 0 unspecified atom stereocenters. The quantitative estimate of drug-likeness (QED) is 0.441. The van der Waals surface area contributed by atoms with Crippen LogP contribution in [0.5, 0.6) is 11.5 Å². The highest BCUT2D eigenvalue weighted by molar-refractivity contribution is 7.84. The Bertz CT molecular complexity index is 565. The zero-order valence-corrected chi connectivity index (χ0v) is 14.4. The molecule has 0 amide bonds. The highest BCUT2D eigenvalue weighted by atomic mass is 32.1.